The van der Waals surface area contributed by atoms with Gasteiger partial charge in [-0.3, -0.25) is 0 Å². The third kappa shape index (κ3) is 3.39. The number of rotatable bonds is 3. The number of amides is 2. The smallest absolute Gasteiger partial charge is 0.319 e. The van der Waals surface area contributed by atoms with Crippen molar-refractivity contribution in [3.63, 3.8) is 0 Å². The van der Waals surface area contributed by atoms with Crippen LogP contribution in [0.25, 0.3) is 0 Å². The van der Waals surface area contributed by atoms with Crippen LogP contribution in [0.1, 0.15) is 32.6 Å². The summed E-state index contributed by atoms with van der Waals surface area (Å²) < 4.78 is 0. The lowest BCUT2D eigenvalue weighted by Crippen LogP contribution is -2.39. The monoisotopic (exact) mass is 247 g/mol. The van der Waals surface area contributed by atoms with Crippen molar-refractivity contribution in [3.05, 3.63) is 24.3 Å². The fraction of sp³-hybridized carbons (Fsp3) is 0.500. The summed E-state index contributed by atoms with van der Waals surface area (Å²) in [6, 6.07) is 7.28. The molecule has 0 aliphatic heterocycles. The second kappa shape index (κ2) is 5.76. The van der Waals surface area contributed by atoms with Gasteiger partial charge in [0, 0.05) is 17.4 Å². The highest BCUT2D eigenvalue weighted by Crippen LogP contribution is 2.27. The van der Waals surface area contributed by atoms with Gasteiger partial charge < -0.3 is 16.4 Å². The van der Waals surface area contributed by atoms with Crippen molar-refractivity contribution in [1.82, 2.24) is 5.32 Å². The van der Waals surface area contributed by atoms with E-state index in [1.807, 2.05) is 12.1 Å². The summed E-state index contributed by atoms with van der Waals surface area (Å²) in [6.45, 7) is 2.08. The lowest BCUT2D eigenvalue weighted by atomic mass is 10.0. The number of nitrogens with two attached hydrogens (primary N) is 1. The minimum absolute atomic E-state index is 0.153. The number of anilines is 2. The molecular weight excluding hydrogens is 226 g/mol. The molecule has 1 aliphatic carbocycles. The first-order valence-corrected chi connectivity index (χ1v) is 6.58. The summed E-state index contributed by atoms with van der Waals surface area (Å²) in [7, 11) is 0. The van der Waals surface area contributed by atoms with E-state index in [0.29, 0.717) is 11.6 Å². The van der Waals surface area contributed by atoms with E-state index in [2.05, 4.69) is 17.6 Å². The van der Waals surface area contributed by atoms with Gasteiger partial charge in [0.15, 0.2) is 0 Å². The Bertz CT molecular complexity index is 413. The van der Waals surface area contributed by atoms with Crippen LogP contribution < -0.4 is 16.4 Å². The van der Waals surface area contributed by atoms with E-state index in [9.17, 15) is 4.79 Å². The Balaban J connectivity index is 1.84. The Morgan fingerprint density at radius 1 is 1.39 bits per heavy atom. The van der Waals surface area contributed by atoms with Crippen LogP contribution in [0, 0.1) is 5.92 Å². The second-order valence-corrected chi connectivity index (χ2v) is 5.06. The Morgan fingerprint density at radius 2 is 2.11 bits per heavy atom. The van der Waals surface area contributed by atoms with Gasteiger partial charge >= 0.3 is 6.03 Å². The molecule has 0 spiro atoms. The Hall–Kier alpha value is -1.71. The maximum atomic E-state index is 11.8. The Morgan fingerprint density at radius 3 is 2.78 bits per heavy atom. The van der Waals surface area contributed by atoms with Gasteiger partial charge in [-0.2, -0.15) is 0 Å². The van der Waals surface area contributed by atoms with Crippen molar-refractivity contribution in [1.29, 1.82) is 0 Å². The van der Waals surface area contributed by atoms with Gasteiger partial charge in [-0.25, -0.2) is 4.79 Å². The zero-order valence-corrected chi connectivity index (χ0v) is 10.8. The van der Waals surface area contributed by atoms with Gasteiger partial charge in [0.1, 0.15) is 0 Å². The number of carbonyl (C=O) groups is 1. The van der Waals surface area contributed by atoms with Crippen LogP contribution in [-0.4, -0.2) is 12.1 Å². The zero-order valence-electron chi connectivity index (χ0n) is 10.8. The fourth-order valence-corrected chi connectivity index (χ4v) is 2.57. The molecule has 18 heavy (non-hydrogen) atoms. The molecule has 1 aliphatic rings. The number of urea groups is 1. The average Bonchev–Trinajstić information content (AvgIpc) is 2.81. The predicted molar refractivity (Wildman–Crippen MR) is 74.4 cm³/mol. The first-order valence-electron chi connectivity index (χ1n) is 6.58. The van der Waals surface area contributed by atoms with Crippen LogP contribution in [0.4, 0.5) is 16.2 Å². The molecule has 0 radical (unpaired) electrons. The topological polar surface area (TPSA) is 67.2 Å². The highest BCUT2D eigenvalue weighted by molar-refractivity contribution is 5.89. The number of benzene rings is 1. The maximum Gasteiger partial charge on any atom is 0.319 e. The molecule has 1 unspecified atom stereocenters. The Labute approximate surface area is 108 Å². The van der Waals surface area contributed by atoms with Gasteiger partial charge in [0.05, 0.1) is 0 Å². The molecule has 0 aromatic heterocycles. The van der Waals surface area contributed by atoms with Crippen molar-refractivity contribution in [3.8, 4) is 0 Å². The van der Waals surface area contributed by atoms with Gasteiger partial charge in [-0.05, 0) is 43.9 Å². The normalized spacial score (nSPS) is 17.4. The highest BCUT2D eigenvalue weighted by atomic mass is 16.2. The summed E-state index contributed by atoms with van der Waals surface area (Å²) in [5, 5.41) is 5.81. The van der Waals surface area contributed by atoms with E-state index in [-0.39, 0.29) is 12.1 Å². The van der Waals surface area contributed by atoms with E-state index in [1.165, 1.54) is 25.7 Å². The molecule has 4 nitrogen and oxygen atoms in total. The van der Waals surface area contributed by atoms with Crippen molar-refractivity contribution >= 4 is 17.4 Å². The van der Waals surface area contributed by atoms with E-state index in [1.54, 1.807) is 12.1 Å². The van der Waals surface area contributed by atoms with Gasteiger partial charge in [0.2, 0.25) is 0 Å². The van der Waals surface area contributed by atoms with Gasteiger partial charge in [0.25, 0.3) is 0 Å². The molecule has 1 saturated carbocycles. The number of hydrogen-bond acceptors (Lipinski definition) is 2. The van der Waals surface area contributed by atoms with Crippen LogP contribution in [0.3, 0.4) is 0 Å². The average molecular weight is 247 g/mol. The molecule has 2 amide bonds. The molecule has 0 bridgehead atoms. The van der Waals surface area contributed by atoms with Crippen molar-refractivity contribution in [2.24, 2.45) is 5.92 Å². The van der Waals surface area contributed by atoms with Gasteiger partial charge in [-0.1, -0.05) is 18.9 Å². The maximum absolute atomic E-state index is 11.8. The predicted octanol–water partition coefficient (Wildman–Crippen LogP) is 2.97. The number of nitrogens with one attached hydrogen (secondary N) is 2. The lowest BCUT2D eigenvalue weighted by molar-refractivity contribution is 0.244. The molecule has 2 rings (SSSR count). The molecule has 1 atom stereocenters. The van der Waals surface area contributed by atoms with Crippen molar-refractivity contribution < 1.29 is 4.79 Å². The molecular formula is C14H21N3O. The SMILES string of the molecule is CC(NC(=O)Nc1cccc(N)c1)C1CCCC1. The minimum Gasteiger partial charge on any atom is -0.399 e. The first-order chi connectivity index (χ1) is 8.65. The first kappa shape index (κ1) is 12.7. The summed E-state index contributed by atoms with van der Waals surface area (Å²) in [6.07, 6.45) is 5.01. The molecule has 1 aromatic rings. The largest absolute Gasteiger partial charge is 0.399 e. The van der Waals surface area contributed by atoms with Crippen LogP contribution in [0.5, 0.6) is 0 Å². The molecule has 1 fully saturated rings. The molecule has 4 N–H and O–H groups in total. The second-order valence-electron chi connectivity index (χ2n) is 5.06. The van der Waals surface area contributed by atoms with E-state index in [4.69, 9.17) is 5.73 Å². The van der Waals surface area contributed by atoms with Crippen molar-refractivity contribution in [2.45, 2.75) is 38.6 Å². The van der Waals surface area contributed by atoms with Gasteiger partial charge in [-0.15, -0.1) is 0 Å². The summed E-state index contributed by atoms with van der Waals surface area (Å²) in [5.74, 6) is 0.622. The summed E-state index contributed by atoms with van der Waals surface area (Å²) in [4.78, 5) is 11.8. The third-order valence-corrected chi connectivity index (χ3v) is 3.61. The molecule has 98 valence electrons. The quantitative estimate of drug-likeness (QED) is 0.719. The summed E-state index contributed by atoms with van der Waals surface area (Å²) in [5.41, 5.74) is 7.04. The van der Waals surface area contributed by atoms with E-state index < -0.39 is 0 Å². The number of nitrogen functional groups attached to an aromatic ring is 1. The molecule has 1 aromatic carbocycles. The fourth-order valence-electron chi connectivity index (χ4n) is 2.57. The van der Waals surface area contributed by atoms with E-state index in [0.717, 1.165) is 5.69 Å². The summed E-state index contributed by atoms with van der Waals surface area (Å²) >= 11 is 0. The minimum atomic E-state index is -0.153. The number of hydrogen-bond donors (Lipinski definition) is 3. The van der Waals surface area contributed by atoms with Crippen LogP contribution in [-0.2, 0) is 0 Å². The highest BCUT2D eigenvalue weighted by Gasteiger charge is 2.22. The standard InChI is InChI=1S/C14H21N3O/c1-10(11-5-2-3-6-11)16-14(18)17-13-8-4-7-12(15)9-13/h4,7-11H,2-3,5-6,15H2,1H3,(H2,16,17,18). The number of carbonyl (C=O) groups excluding carboxylic acids is 1. The third-order valence-electron chi connectivity index (χ3n) is 3.61. The van der Waals surface area contributed by atoms with Crippen LogP contribution in [0.15, 0.2) is 24.3 Å². The molecule has 0 heterocycles. The van der Waals surface area contributed by atoms with E-state index >= 15 is 0 Å². The van der Waals surface area contributed by atoms with Crippen molar-refractivity contribution in [2.75, 3.05) is 11.1 Å². The molecule has 4 heteroatoms. The Kier molecular flexibility index (Phi) is 4.07. The lowest BCUT2D eigenvalue weighted by Gasteiger charge is -2.20. The zero-order chi connectivity index (χ0) is 13.0. The molecule has 0 saturated heterocycles. The van der Waals surface area contributed by atoms with Crippen LogP contribution in [0.2, 0.25) is 0 Å². The van der Waals surface area contributed by atoms with Crippen LogP contribution >= 0.6 is 0 Å².